The van der Waals surface area contributed by atoms with Crippen molar-refractivity contribution in [3.63, 3.8) is 0 Å². The summed E-state index contributed by atoms with van der Waals surface area (Å²) < 4.78 is 11.2. The monoisotopic (exact) mass is 243 g/mol. The van der Waals surface area contributed by atoms with Gasteiger partial charge in [0.15, 0.2) is 0 Å². The van der Waals surface area contributed by atoms with E-state index in [1.165, 1.54) is 0 Å². The minimum absolute atomic E-state index is 0.0108. The third-order valence-corrected chi connectivity index (χ3v) is 4.53. The highest BCUT2D eigenvalue weighted by Crippen LogP contribution is 2.33. The van der Waals surface area contributed by atoms with E-state index in [4.69, 9.17) is 9.47 Å². The van der Waals surface area contributed by atoms with Gasteiger partial charge >= 0.3 is 0 Å². The van der Waals surface area contributed by atoms with Crippen LogP contribution < -0.4 is 0 Å². The first-order chi connectivity index (χ1) is 7.99. The SMILES string of the molecule is CCC(C)(CC(C)(CC)N1CCOCC1)OC. The largest absolute Gasteiger partial charge is 0.379 e. The van der Waals surface area contributed by atoms with Crippen molar-refractivity contribution < 1.29 is 9.47 Å². The van der Waals surface area contributed by atoms with E-state index in [-0.39, 0.29) is 11.1 Å². The number of hydrogen-bond acceptors (Lipinski definition) is 3. The maximum absolute atomic E-state index is 5.72. The van der Waals surface area contributed by atoms with Crippen LogP contribution in [-0.2, 0) is 9.47 Å². The Morgan fingerprint density at radius 3 is 2.12 bits per heavy atom. The molecule has 1 fully saturated rings. The topological polar surface area (TPSA) is 21.7 Å². The van der Waals surface area contributed by atoms with Crippen molar-refractivity contribution in [1.29, 1.82) is 0 Å². The van der Waals surface area contributed by atoms with Crippen molar-refractivity contribution in [2.75, 3.05) is 33.4 Å². The van der Waals surface area contributed by atoms with E-state index >= 15 is 0 Å². The Balaban J connectivity index is 2.72. The fourth-order valence-corrected chi connectivity index (χ4v) is 2.71. The van der Waals surface area contributed by atoms with Crippen molar-refractivity contribution in [3.05, 3.63) is 0 Å². The molecule has 0 N–H and O–H groups in total. The lowest BCUT2D eigenvalue weighted by Gasteiger charge is -2.47. The predicted octanol–water partition coefficient (Wildman–Crippen LogP) is 2.69. The van der Waals surface area contributed by atoms with Crippen LogP contribution in [-0.4, -0.2) is 49.5 Å². The van der Waals surface area contributed by atoms with Crippen LogP contribution in [0, 0.1) is 0 Å². The standard InChI is InChI=1S/C14H29NO2/c1-6-13(3,12-14(4,7-2)16-5)15-8-10-17-11-9-15/h6-12H2,1-5H3. The molecular weight excluding hydrogens is 214 g/mol. The molecule has 0 aliphatic carbocycles. The Hall–Kier alpha value is -0.120. The Morgan fingerprint density at radius 1 is 1.12 bits per heavy atom. The molecule has 3 heteroatoms. The first-order valence-electron chi connectivity index (χ1n) is 6.87. The fraction of sp³-hybridized carbons (Fsp3) is 1.00. The van der Waals surface area contributed by atoms with Gasteiger partial charge in [-0.15, -0.1) is 0 Å². The molecule has 1 aliphatic rings. The number of morpholine rings is 1. The lowest BCUT2D eigenvalue weighted by Crippen LogP contribution is -2.54. The smallest absolute Gasteiger partial charge is 0.0665 e. The zero-order chi connectivity index (χ0) is 12.9. The third-order valence-electron chi connectivity index (χ3n) is 4.53. The van der Waals surface area contributed by atoms with Crippen LogP contribution in [0.3, 0.4) is 0 Å². The average molecular weight is 243 g/mol. The second-order valence-corrected chi connectivity index (χ2v) is 5.63. The minimum atomic E-state index is -0.0108. The molecule has 0 aromatic carbocycles. The van der Waals surface area contributed by atoms with E-state index in [1.54, 1.807) is 0 Å². The maximum Gasteiger partial charge on any atom is 0.0665 e. The molecule has 0 amide bonds. The summed E-state index contributed by atoms with van der Waals surface area (Å²) in [5, 5.41) is 0. The van der Waals surface area contributed by atoms with Crippen LogP contribution >= 0.6 is 0 Å². The number of hydrogen-bond donors (Lipinski definition) is 0. The summed E-state index contributed by atoms with van der Waals surface area (Å²) in [5.74, 6) is 0. The minimum Gasteiger partial charge on any atom is -0.379 e. The molecule has 0 radical (unpaired) electrons. The van der Waals surface area contributed by atoms with E-state index in [0.717, 1.165) is 45.6 Å². The summed E-state index contributed by atoms with van der Waals surface area (Å²) in [6, 6.07) is 0. The molecule has 1 saturated heterocycles. The molecule has 3 nitrogen and oxygen atoms in total. The van der Waals surface area contributed by atoms with E-state index in [0.29, 0.717) is 0 Å². The number of rotatable bonds is 6. The second kappa shape index (κ2) is 6.17. The highest BCUT2D eigenvalue weighted by molar-refractivity contribution is 4.93. The molecule has 1 heterocycles. The van der Waals surface area contributed by atoms with Crippen LogP contribution in [0.15, 0.2) is 0 Å². The average Bonchev–Trinajstić information content (AvgIpc) is 2.39. The Labute approximate surface area is 106 Å². The first-order valence-corrected chi connectivity index (χ1v) is 6.87. The molecule has 17 heavy (non-hydrogen) atoms. The van der Waals surface area contributed by atoms with Gasteiger partial charge in [-0.1, -0.05) is 13.8 Å². The van der Waals surface area contributed by atoms with Gasteiger partial charge in [0, 0.05) is 25.7 Å². The van der Waals surface area contributed by atoms with Crippen molar-refractivity contribution in [2.45, 2.75) is 58.1 Å². The molecular formula is C14H29NO2. The van der Waals surface area contributed by atoms with Gasteiger partial charge in [-0.3, -0.25) is 4.90 Å². The molecule has 102 valence electrons. The molecule has 2 unspecified atom stereocenters. The summed E-state index contributed by atoms with van der Waals surface area (Å²) in [6.07, 6.45) is 3.30. The maximum atomic E-state index is 5.72. The van der Waals surface area contributed by atoms with Crippen molar-refractivity contribution in [2.24, 2.45) is 0 Å². The Bertz CT molecular complexity index is 222. The molecule has 0 spiro atoms. The van der Waals surface area contributed by atoms with Gasteiger partial charge in [0.2, 0.25) is 0 Å². The van der Waals surface area contributed by atoms with Crippen LogP contribution in [0.5, 0.6) is 0 Å². The van der Waals surface area contributed by atoms with Crippen molar-refractivity contribution >= 4 is 0 Å². The lowest BCUT2D eigenvalue weighted by molar-refractivity contribution is -0.0760. The zero-order valence-corrected chi connectivity index (χ0v) is 12.2. The molecule has 0 aromatic rings. The lowest BCUT2D eigenvalue weighted by atomic mass is 9.81. The molecule has 0 bridgehead atoms. The van der Waals surface area contributed by atoms with Gasteiger partial charge in [-0.25, -0.2) is 0 Å². The zero-order valence-electron chi connectivity index (χ0n) is 12.2. The number of methoxy groups -OCH3 is 1. The van der Waals surface area contributed by atoms with E-state index < -0.39 is 0 Å². The summed E-state index contributed by atoms with van der Waals surface area (Å²) in [5.41, 5.74) is 0.216. The van der Waals surface area contributed by atoms with Crippen molar-refractivity contribution in [1.82, 2.24) is 4.90 Å². The van der Waals surface area contributed by atoms with Gasteiger partial charge < -0.3 is 9.47 Å². The summed E-state index contributed by atoms with van der Waals surface area (Å²) in [7, 11) is 1.83. The van der Waals surface area contributed by atoms with Crippen LogP contribution in [0.25, 0.3) is 0 Å². The quantitative estimate of drug-likeness (QED) is 0.716. The Morgan fingerprint density at radius 2 is 1.71 bits per heavy atom. The van der Waals surface area contributed by atoms with Gasteiger partial charge in [0.1, 0.15) is 0 Å². The van der Waals surface area contributed by atoms with Crippen LogP contribution in [0.1, 0.15) is 47.0 Å². The second-order valence-electron chi connectivity index (χ2n) is 5.63. The predicted molar refractivity (Wildman–Crippen MR) is 71.4 cm³/mol. The molecule has 0 saturated carbocycles. The number of nitrogens with zero attached hydrogens (tertiary/aromatic N) is 1. The molecule has 0 aromatic heterocycles. The molecule has 1 rings (SSSR count). The van der Waals surface area contributed by atoms with Gasteiger partial charge in [-0.05, 0) is 33.1 Å². The van der Waals surface area contributed by atoms with Gasteiger partial charge in [-0.2, -0.15) is 0 Å². The van der Waals surface area contributed by atoms with E-state index in [2.05, 4.69) is 32.6 Å². The highest BCUT2D eigenvalue weighted by Gasteiger charge is 2.38. The van der Waals surface area contributed by atoms with Gasteiger partial charge in [0.25, 0.3) is 0 Å². The summed E-state index contributed by atoms with van der Waals surface area (Å²) >= 11 is 0. The Kier molecular flexibility index (Phi) is 5.42. The molecule has 1 aliphatic heterocycles. The van der Waals surface area contributed by atoms with Crippen LogP contribution in [0.2, 0.25) is 0 Å². The highest BCUT2D eigenvalue weighted by atomic mass is 16.5. The van der Waals surface area contributed by atoms with E-state index in [1.807, 2.05) is 7.11 Å². The summed E-state index contributed by atoms with van der Waals surface area (Å²) in [4.78, 5) is 2.57. The number of ether oxygens (including phenoxy) is 2. The fourth-order valence-electron chi connectivity index (χ4n) is 2.71. The molecule has 2 atom stereocenters. The third kappa shape index (κ3) is 3.67. The normalized spacial score (nSPS) is 25.2. The van der Waals surface area contributed by atoms with Gasteiger partial charge in [0.05, 0.1) is 18.8 Å². The first kappa shape index (κ1) is 14.9. The van der Waals surface area contributed by atoms with Crippen molar-refractivity contribution in [3.8, 4) is 0 Å². The van der Waals surface area contributed by atoms with E-state index in [9.17, 15) is 0 Å². The van der Waals surface area contributed by atoms with Crippen LogP contribution in [0.4, 0.5) is 0 Å². The summed E-state index contributed by atoms with van der Waals surface area (Å²) in [6.45, 7) is 12.9.